The van der Waals surface area contributed by atoms with Crippen LogP contribution in [0.15, 0.2) is 5.38 Å². The van der Waals surface area contributed by atoms with E-state index in [1.807, 2.05) is 5.38 Å². The van der Waals surface area contributed by atoms with E-state index in [0.717, 1.165) is 18.5 Å². The van der Waals surface area contributed by atoms with Crippen LogP contribution in [-0.2, 0) is 11.3 Å². The number of carbonyl (C=O) groups is 1. The van der Waals surface area contributed by atoms with Crippen LogP contribution in [0.3, 0.4) is 0 Å². The number of rotatable bonds is 5. The molecule has 0 aromatic carbocycles. The molecule has 1 saturated carbocycles. The molecule has 22 heavy (non-hydrogen) atoms. The summed E-state index contributed by atoms with van der Waals surface area (Å²) in [5, 5.41) is 18.8. The van der Waals surface area contributed by atoms with Gasteiger partial charge < -0.3 is 15.7 Å². The SMILES string of the molecule is CC(=O)Nc1nc(CNC2(CO)CC(C)CC(C)(C)C2)cs1. The molecular weight excluding hydrogens is 298 g/mol. The molecule has 2 unspecified atom stereocenters. The molecule has 0 radical (unpaired) electrons. The highest BCUT2D eigenvalue weighted by Gasteiger charge is 2.42. The monoisotopic (exact) mass is 325 g/mol. The molecule has 0 spiro atoms. The van der Waals surface area contributed by atoms with Gasteiger partial charge in [-0.05, 0) is 30.6 Å². The maximum absolute atomic E-state index is 11.0. The molecule has 1 amide bonds. The van der Waals surface area contributed by atoms with Gasteiger partial charge in [0, 0.05) is 24.4 Å². The third kappa shape index (κ3) is 4.51. The van der Waals surface area contributed by atoms with Gasteiger partial charge in [0.05, 0.1) is 12.3 Å². The number of aromatic nitrogens is 1. The number of thiazole rings is 1. The van der Waals surface area contributed by atoms with Crippen LogP contribution < -0.4 is 10.6 Å². The van der Waals surface area contributed by atoms with Gasteiger partial charge in [-0.2, -0.15) is 0 Å². The fourth-order valence-electron chi connectivity index (χ4n) is 3.93. The van der Waals surface area contributed by atoms with E-state index in [-0.39, 0.29) is 23.5 Å². The molecule has 0 saturated heterocycles. The number of nitrogens with zero attached hydrogens (tertiary/aromatic N) is 1. The van der Waals surface area contributed by atoms with E-state index in [9.17, 15) is 9.90 Å². The normalized spacial score (nSPS) is 27.6. The average molecular weight is 325 g/mol. The van der Waals surface area contributed by atoms with Gasteiger partial charge in [-0.3, -0.25) is 4.79 Å². The molecule has 1 fully saturated rings. The Morgan fingerprint density at radius 1 is 1.50 bits per heavy atom. The van der Waals surface area contributed by atoms with Gasteiger partial charge in [0.2, 0.25) is 5.91 Å². The van der Waals surface area contributed by atoms with Crippen LogP contribution in [-0.4, -0.2) is 28.1 Å². The lowest BCUT2D eigenvalue weighted by atomic mass is 9.64. The molecule has 3 N–H and O–H groups in total. The van der Waals surface area contributed by atoms with Gasteiger partial charge in [0.15, 0.2) is 5.13 Å². The second kappa shape index (κ2) is 6.64. The van der Waals surface area contributed by atoms with Crippen molar-refractivity contribution < 1.29 is 9.90 Å². The highest BCUT2D eigenvalue weighted by Crippen LogP contribution is 2.43. The van der Waals surface area contributed by atoms with Crippen molar-refractivity contribution in [2.45, 2.75) is 59.0 Å². The molecule has 1 aromatic heterocycles. The third-order valence-corrected chi connectivity index (χ3v) is 5.05. The van der Waals surface area contributed by atoms with E-state index >= 15 is 0 Å². The fourth-order valence-corrected chi connectivity index (χ4v) is 4.68. The standard InChI is InChI=1S/C16H27N3O2S/c1-11-5-15(3,4)9-16(6-11,10-20)17-7-13-8-22-14(19-13)18-12(2)21/h8,11,17,20H,5-7,9-10H2,1-4H3,(H,18,19,21). The second-order valence-electron chi connectivity index (χ2n) is 7.47. The van der Waals surface area contributed by atoms with Gasteiger partial charge in [-0.1, -0.05) is 20.8 Å². The highest BCUT2D eigenvalue weighted by atomic mass is 32.1. The van der Waals surface area contributed by atoms with E-state index < -0.39 is 0 Å². The number of hydrogen-bond acceptors (Lipinski definition) is 5. The first kappa shape index (κ1) is 17.4. The molecule has 0 bridgehead atoms. The van der Waals surface area contributed by atoms with Crippen molar-refractivity contribution in [3.63, 3.8) is 0 Å². The Morgan fingerprint density at radius 3 is 2.82 bits per heavy atom. The molecule has 6 heteroatoms. The molecule has 124 valence electrons. The maximum atomic E-state index is 11.0. The van der Waals surface area contributed by atoms with Crippen molar-refractivity contribution in [1.82, 2.24) is 10.3 Å². The summed E-state index contributed by atoms with van der Waals surface area (Å²) >= 11 is 1.43. The Bertz CT molecular complexity index is 529. The molecule has 1 aromatic rings. The van der Waals surface area contributed by atoms with Crippen molar-refractivity contribution in [1.29, 1.82) is 0 Å². The molecule has 0 aliphatic heterocycles. The highest BCUT2D eigenvalue weighted by molar-refractivity contribution is 7.13. The second-order valence-corrected chi connectivity index (χ2v) is 8.33. The van der Waals surface area contributed by atoms with E-state index in [2.05, 4.69) is 36.4 Å². The summed E-state index contributed by atoms with van der Waals surface area (Å²) in [6, 6.07) is 0. The number of aliphatic hydroxyl groups excluding tert-OH is 1. The molecule has 1 aliphatic carbocycles. The minimum absolute atomic E-state index is 0.108. The van der Waals surface area contributed by atoms with Crippen LogP contribution in [0.4, 0.5) is 5.13 Å². The van der Waals surface area contributed by atoms with Crippen LogP contribution in [0, 0.1) is 11.3 Å². The van der Waals surface area contributed by atoms with Crippen LogP contribution in [0.25, 0.3) is 0 Å². The third-order valence-electron chi connectivity index (χ3n) is 4.24. The predicted molar refractivity (Wildman–Crippen MR) is 89.9 cm³/mol. The molecular formula is C16H27N3O2S. The average Bonchev–Trinajstić information content (AvgIpc) is 2.81. The number of aliphatic hydroxyl groups is 1. The Hall–Kier alpha value is -0.980. The van der Waals surface area contributed by atoms with E-state index in [1.54, 1.807) is 0 Å². The lowest BCUT2D eigenvalue weighted by Gasteiger charge is -2.47. The Balaban J connectivity index is 2.01. The van der Waals surface area contributed by atoms with Crippen molar-refractivity contribution >= 4 is 22.4 Å². The fraction of sp³-hybridized carbons (Fsp3) is 0.750. The minimum Gasteiger partial charge on any atom is -0.394 e. The lowest BCUT2D eigenvalue weighted by molar-refractivity contribution is -0.114. The summed E-state index contributed by atoms with van der Waals surface area (Å²) in [6.45, 7) is 9.03. The number of carbonyl (C=O) groups excluding carboxylic acids is 1. The number of hydrogen-bond donors (Lipinski definition) is 3. The summed E-state index contributed by atoms with van der Waals surface area (Å²) in [5.74, 6) is 0.484. The van der Waals surface area contributed by atoms with Crippen molar-refractivity contribution in [3.05, 3.63) is 11.1 Å². The Kier molecular flexibility index (Phi) is 5.25. The predicted octanol–water partition coefficient (Wildman–Crippen LogP) is 2.77. The van der Waals surface area contributed by atoms with Crippen LogP contribution in [0.5, 0.6) is 0 Å². The summed E-state index contributed by atoms with van der Waals surface area (Å²) in [7, 11) is 0. The summed E-state index contributed by atoms with van der Waals surface area (Å²) in [5.41, 5.74) is 0.896. The minimum atomic E-state index is -0.237. The van der Waals surface area contributed by atoms with Crippen molar-refractivity contribution in [3.8, 4) is 0 Å². The van der Waals surface area contributed by atoms with Crippen LogP contribution >= 0.6 is 11.3 Å². The number of anilines is 1. The summed E-state index contributed by atoms with van der Waals surface area (Å²) in [4.78, 5) is 15.4. The zero-order valence-corrected chi connectivity index (χ0v) is 14.7. The zero-order valence-electron chi connectivity index (χ0n) is 13.9. The molecule has 2 atom stereocenters. The quantitative estimate of drug-likeness (QED) is 0.778. The van der Waals surface area contributed by atoms with Gasteiger partial charge >= 0.3 is 0 Å². The van der Waals surface area contributed by atoms with Gasteiger partial charge in [-0.15, -0.1) is 11.3 Å². The van der Waals surface area contributed by atoms with E-state index in [0.29, 0.717) is 17.6 Å². The smallest absolute Gasteiger partial charge is 0.223 e. The van der Waals surface area contributed by atoms with E-state index in [1.165, 1.54) is 24.7 Å². The lowest BCUT2D eigenvalue weighted by Crippen LogP contribution is -2.54. The van der Waals surface area contributed by atoms with Crippen molar-refractivity contribution in [2.75, 3.05) is 11.9 Å². The topological polar surface area (TPSA) is 74.2 Å². The molecule has 1 aliphatic rings. The van der Waals surface area contributed by atoms with Crippen molar-refractivity contribution in [2.24, 2.45) is 11.3 Å². The van der Waals surface area contributed by atoms with Gasteiger partial charge in [0.1, 0.15) is 0 Å². The molecule has 5 nitrogen and oxygen atoms in total. The molecule has 1 heterocycles. The summed E-state index contributed by atoms with van der Waals surface area (Å²) in [6.07, 6.45) is 3.14. The zero-order chi connectivity index (χ0) is 16.4. The van der Waals surface area contributed by atoms with Gasteiger partial charge in [-0.25, -0.2) is 4.98 Å². The number of amides is 1. The number of nitrogens with one attached hydrogen (secondary N) is 2. The summed E-state index contributed by atoms with van der Waals surface area (Å²) < 4.78 is 0. The Labute approximate surface area is 136 Å². The molecule has 2 rings (SSSR count). The van der Waals surface area contributed by atoms with E-state index in [4.69, 9.17) is 0 Å². The first-order valence-electron chi connectivity index (χ1n) is 7.81. The Morgan fingerprint density at radius 2 is 2.23 bits per heavy atom. The largest absolute Gasteiger partial charge is 0.394 e. The first-order chi connectivity index (χ1) is 10.2. The van der Waals surface area contributed by atoms with Gasteiger partial charge in [0.25, 0.3) is 0 Å². The maximum Gasteiger partial charge on any atom is 0.223 e. The van der Waals surface area contributed by atoms with Crippen LogP contribution in [0.2, 0.25) is 0 Å². The first-order valence-corrected chi connectivity index (χ1v) is 8.69. The van der Waals surface area contributed by atoms with Crippen LogP contribution in [0.1, 0.15) is 52.7 Å².